The second-order valence-electron chi connectivity index (χ2n) is 2.19. The van der Waals surface area contributed by atoms with E-state index in [0.29, 0.717) is 11.5 Å². The van der Waals surface area contributed by atoms with Gasteiger partial charge in [0, 0.05) is 6.42 Å². The highest BCUT2D eigenvalue weighted by Gasteiger charge is 2.19. The molecule has 0 aromatic rings. The zero-order valence-electron chi connectivity index (χ0n) is 4.75. The molecule has 0 bridgehead atoms. The van der Waals surface area contributed by atoms with Crippen LogP contribution < -0.4 is 0 Å². The van der Waals surface area contributed by atoms with Gasteiger partial charge in [-0.15, -0.1) is 0 Å². The van der Waals surface area contributed by atoms with Crippen LogP contribution >= 0.6 is 11.6 Å². The minimum absolute atomic E-state index is 0.112. The van der Waals surface area contributed by atoms with Gasteiger partial charge in [0.25, 0.3) is 0 Å². The van der Waals surface area contributed by atoms with Crippen LogP contribution in [0, 0.1) is 5.92 Å². The van der Waals surface area contributed by atoms with Crippen LogP contribution in [0.25, 0.3) is 0 Å². The average molecular weight is 135 g/mol. The molecule has 1 aliphatic rings. The topological polar surface area (TPSA) is 0 Å². The van der Waals surface area contributed by atoms with Crippen molar-refractivity contribution in [2.45, 2.75) is 19.8 Å². The van der Waals surface area contributed by atoms with Crippen LogP contribution in [0.4, 0.5) is 4.39 Å². The van der Waals surface area contributed by atoms with E-state index in [2.05, 4.69) is 0 Å². The molecule has 0 saturated carbocycles. The van der Waals surface area contributed by atoms with Crippen LogP contribution in [0.3, 0.4) is 0 Å². The molecule has 0 amide bonds. The standard InChI is InChI=1S/C6H8ClF/c1-4-2-3-5(8)6(4)7/h4H,2-3H2,1H3. The zero-order valence-corrected chi connectivity index (χ0v) is 5.50. The van der Waals surface area contributed by atoms with E-state index in [1.807, 2.05) is 6.92 Å². The third-order valence-corrected chi connectivity index (χ3v) is 2.07. The Morgan fingerprint density at radius 1 is 1.75 bits per heavy atom. The van der Waals surface area contributed by atoms with E-state index in [9.17, 15) is 4.39 Å². The molecule has 2 heteroatoms. The molecule has 46 valence electrons. The lowest BCUT2D eigenvalue weighted by Gasteiger charge is -1.95. The van der Waals surface area contributed by atoms with Crippen molar-refractivity contribution >= 4 is 11.6 Å². The molecule has 1 unspecified atom stereocenters. The van der Waals surface area contributed by atoms with E-state index in [0.717, 1.165) is 6.42 Å². The lowest BCUT2D eigenvalue weighted by atomic mass is 10.2. The van der Waals surface area contributed by atoms with Crippen molar-refractivity contribution in [3.63, 3.8) is 0 Å². The predicted molar refractivity (Wildman–Crippen MR) is 32.4 cm³/mol. The molecular weight excluding hydrogens is 127 g/mol. The molecule has 0 saturated heterocycles. The highest BCUT2D eigenvalue weighted by atomic mass is 35.5. The summed E-state index contributed by atoms with van der Waals surface area (Å²) in [5.41, 5.74) is 0. The smallest absolute Gasteiger partial charge is 0.115 e. The van der Waals surface area contributed by atoms with Gasteiger partial charge in [0.1, 0.15) is 5.83 Å². The molecule has 8 heavy (non-hydrogen) atoms. The summed E-state index contributed by atoms with van der Waals surface area (Å²) in [6.07, 6.45) is 1.42. The highest BCUT2D eigenvalue weighted by Crippen LogP contribution is 2.34. The minimum Gasteiger partial charge on any atom is -0.211 e. The van der Waals surface area contributed by atoms with Gasteiger partial charge in [0.15, 0.2) is 0 Å². The van der Waals surface area contributed by atoms with E-state index in [1.54, 1.807) is 0 Å². The number of rotatable bonds is 0. The second kappa shape index (κ2) is 2.06. The molecule has 1 aliphatic carbocycles. The van der Waals surface area contributed by atoms with Gasteiger partial charge in [-0.1, -0.05) is 18.5 Å². The number of hydrogen-bond donors (Lipinski definition) is 0. The maximum Gasteiger partial charge on any atom is 0.115 e. The molecular formula is C6H8ClF. The molecule has 0 aromatic heterocycles. The Kier molecular flexibility index (Phi) is 1.57. The van der Waals surface area contributed by atoms with Gasteiger partial charge in [-0.3, -0.25) is 0 Å². The van der Waals surface area contributed by atoms with Crippen LogP contribution in [0.5, 0.6) is 0 Å². The first-order valence-corrected chi connectivity index (χ1v) is 3.13. The monoisotopic (exact) mass is 134 g/mol. The van der Waals surface area contributed by atoms with Crippen LogP contribution in [0.1, 0.15) is 19.8 Å². The molecule has 1 atom stereocenters. The Bertz CT molecular complexity index is 128. The summed E-state index contributed by atoms with van der Waals surface area (Å²) in [5.74, 6) is 0.149. The Hall–Kier alpha value is -0.0400. The van der Waals surface area contributed by atoms with E-state index in [1.165, 1.54) is 0 Å². The Morgan fingerprint density at radius 2 is 2.38 bits per heavy atom. The quantitative estimate of drug-likeness (QED) is 0.478. The maximum atomic E-state index is 12.3. The van der Waals surface area contributed by atoms with Crippen LogP contribution in [0.15, 0.2) is 10.9 Å². The van der Waals surface area contributed by atoms with Crippen LogP contribution in [-0.2, 0) is 0 Å². The average Bonchev–Trinajstić information content (AvgIpc) is 1.98. The van der Waals surface area contributed by atoms with Crippen LogP contribution in [-0.4, -0.2) is 0 Å². The van der Waals surface area contributed by atoms with E-state index < -0.39 is 0 Å². The Labute approximate surface area is 53.3 Å². The molecule has 0 spiro atoms. The summed E-state index contributed by atoms with van der Waals surface area (Å²) >= 11 is 5.52. The number of hydrogen-bond acceptors (Lipinski definition) is 0. The van der Waals surface area contributed by atoms with E-state index >= 15 is 0 Å². The molecule has 0 aromatic carbocycles. The predicted octanol–water partition coefficient (Wildman–Crippen LogP) is 2.84. The van der Waals surface area contributed by atoms with Crippen LogP contribution in [0.2, 0.25) is 0 Å². The molecule has 0 nitrogen and oxygen atoms in total. The number of allylic oxidation sites excluding steroid dienone is 2. The van der Waals surface area contributed by atoms with Gasteiger partial charge >= 0.3 is 0 Å². The third kappa shape index (κ3) is 0.873. The highest BCUT2D eigenvalue weighted by molar-refractivity contribution is 6.30. The lowest BCUT2D eigenvalue weighted by molar-refractivity contribution is 0.595. The summed E-state index contributed by atoms with van der Waals surface area (Å²) in [5, 5.41) is 0.435. The van der Waals surface area contributed by atoms with E-state index in [-0.39, 0.29) is 11.7 Å². The van der Waals surface area contributed by atoms with Crippen molar-refractivity contribution in [3.8, 4) is 0 Å². The first-order valence-electron chi connectivity index (χ1n) is 2.76. The summed E-state index contributed by atoms with van der Waals surface area (Å²) in [6.45, 7) is 1.94. The Balaban J connectivity index is 2.71. The third-order valence-electron chi connectivity index (χ3n) is 1.49. The molecule has 0 radical (unpaired) electrons. The fraction of sp³-hybridized carbons (Fsp3) is 0.667. The van der Waals surface area contributed by atoms with Crippen molar-refractivity contribution < 1.29 is 4.39 Å². The molecule has 1 rings (SSSR count). The van der Waals surface area contributed by atoms with Gasteiger partial charge in [-0.25, -0.2) is 4.39 Å². The fourth-order valence-electron chi connectivity index (χ4n) is 0.857. The Morgan fingerprint density at radius 3 is 2.50 bits per heavy atom. The number of halogens is 2. The van der Waals surface area contributed by atoms with Gasteiger partial charge < -0.3 is 0 Å². The minimum atomic E-state index is -0.112. The summed E-state index contributed by atoms with van der Waals surface area (Å²) in [7, 11) is 0. The van der Waals surface area contributed by atoms with Gasteiger partial charge in [-0.05, 0) is 12.3 Å². The molecule has 0 aliphatic heterocycles. The van der Waals surface area contributed by atoms with E-state index in [4.69, 9.17) is 11.6 Å². The fourth-order valence-corrected chi connectivity index (χ4v) is 1.06. The SMILES string of the molecule is CC1CCC(F)=C1Cl. The van der Waals surface area contributed by atoms with Crippen molar-refractivity contribution in [3.05, 3.63) is 10.9 Å². The van der Waals surface area contributed by atoms with Gasteiger partial charge in [-0.2, -0.15) is 0 Å². The first-order chi connectivity index (χ1) is 3.72. The largest absolute Gasteiger partial charge is 0.211 e. The van der Waals surface area contributed by atoms with Gasteiger partial charge in [0.05, 0.1) is 5.03 Å². The maximum absolute atomic E-state index is 12.3. The van der Waals surface area contributed by atoms with Crippen molar-refractivity contribution in [1.29, 1.82) is 0 Å². The summed E-state index contributed by atoms with van der Waals surface area (Å²) < 4.78 is 12.3. The molecule has 0 N–H and O–H groups in total. The van der Waals surface area contributed by atoms with Crippen molar-refractivity contribution in [1.82, 2.24) is 0 Å². The zero-order chi connectivity index (χ0) is 6.15. The second-order valence-corrected chi connectivity index (χ2v) is 2.60. The van der Waals surface area contributed by atoms with Crippen molar-refractivity contribution in [2.75, 3.05) is 0 Å². The molecule has 0 fully saturated rings. The normalized spacial score (nSPS) is 29.6. The summed E-state index contributed by atoms with van der Waals surface area (Å²) in [6, 6.07) is 0. The first kappa shape index (κ1) is 6.09. The molecule has 0 heterocycles. The van der Waals surface area contributed by atoms with Gasteiger partial charge in [0.2, 0.25) is 0 Å². The van der Waals surface area contributed by atoms with Crippen molar-refractivity contribution in [2.24, 2.45) is 5.92 Å². The summed E-state index contributed by atoms with van der Waals surface area (Å²) in [4.78, 5) is 0. The lowest BCUT2D eigenvalue weighted by Crippen LogP contribution is -1.83.